The van der Waals surface area contributed by atoms with Crippen molar-refractivity contribution >= 4 is 9.84 Å². The zero-order chi connectivity index (χ0) is 16.4. The molecule has 23 heavy (non-hydrogen) atoms. The summed E-state index contributed by atoms with van der Waals surface area (Å²) in [5.74, 6) is 0.432. The van der Waals surface area contributed by atoms with Gasteiger partial charge in [0.1, 0.15) is 0 Å². The molecule has 2 fully saturated rings. The molecule has 128 valence electrons. The summed E-state index contributed by atoms with van der Waals surface area (Å²) in [5.41, 5.74) is 1.09. The summed E-state index contributed by atoms with van der Waals surface area (Å²) in [5, 5.41) is 12.4. The minimum absolute atomic E-state index is 0.221. The fraction of sp³-hybridized carbons (Fsp3) is 0.647. The molecule has 0 bridgehead atoms. The Kier molecular flexibility index (Phi) is 5.06. The minimum Gasteiger partial charge on any atom is -0.395 e. The van der Waals surface area contributed by atoms with Gasteiger partial charge in [-0.2, -0.15) is 0 Å². The van der Waals surface area contributed by atoms with Crippen LogP contribution < -0.4 is 5.32 Å². The SMILES string of the molecule is CC1CN(C2CC2)CC1NCc1ccc(S(=O)(=O)CCO)cc1. The summed E-state index contributed by atoms with van der Waals surface area (Å²) in [7, 11) is -3.35. The Morgan fingerprint density at radius 1 is 1.22 bits per heavy atom. The summed E-state index contributed by atoms with van der Waals surface area (Å²) in [6.07, 6.45) is 2.70. The van der Waals surface area contributed by atoms with Crippen molar-refractivity contribution in [3.63, 3.8) is 0 Å². The largest absolute Gasteiger partial charge is 0.395 e. The molecular weight excluding hydrogens is 312 g/mol. The van der Waals surface area contributed by atoms with Crippen molar-refractivity contribution < 1.29 is 13.5 Å². The fourth-order valence-corrected chi connectivity index (χ4v) is 4.34. The van der Waals surface area contributed by atoms with Gasteiger partial charge in [-0.15, -0.1) is 0 Å². The Morgan fingerprint density at radius 3 is 2.52 bits per heavy atom. The topological polar surface area (TPSA) is 69.6 Å². The summed E-state index contributed by atoms with van der Waals surface area (Å²) in [4.78, 5) is 2.87. The van der Waals surface area contributed by atoms with Crippen molar-refractivity contribution in [3.8, 4) is 0 Å². The average Bonchev–Trinajstić information content (AvgIpc) is 3.30. The molecule has 1 saturated heterocycles. The van der Waals surface area contributed by atoms with Crippen molar-refractivity contribution in [2.45, 2.75) is 43.3 Å². The number of hydrogen-bond donors (Lipinski definition) is 2. The van der Waals surface area contributed by atoms with Crippen molar-refractivity contribution in [1.29, 1.82) is 0 Å². The lowest BCUT2D eigenvalue weighted by atomic mass is 10.1. The molecule has 1 aromatic carbocycles. The molecule has 0 amide bonds. The van der Waals surface area contributed by atoms with E-state index in [1.54, 1.807) is 12.1 Å². The van der Waals surface area contributed by atoms with Gasteiger partial charge in [0, 0.05) is 31.7 Å². The van der Waals surface area contributed by atoms with Crippen LogP contribution in [0.4, 0.5) is 0 Å². The standard InChI is InChI=1S/C17H26N2O3S/c1-13-11-19(15-4-5-15)12-17(13)18-10-14-2-6-16(7-3-14)23(21,22)9-8-20/h2-3,6-7,13,15,17-18,20H,4-5,8-12H2,1H3. The molecular formula is C17H26N2O3S. The number of hydrogen-bond acceptors (Lipinski definition) is 5. The molecule has 2 N–H and O–H groups in total. The van der Waals surface area contributed by atoms with E-state index in [4.69, 9.17) is 5.11 Å². The lowest BCUT2D eigenvalue weighted by Gasteiger charge is -2.17. The third-order valence-corrected chi connectivity index (χ3v) is 6.63. The molecule has 1 aliphatic heterocycles. The number of sulfone groups is 1. The maximum atomic E-state index is 11.9. The van der Waals surface area contributed by atoms with Crippen LogP contribution in [0, 0.1) is 5.92 Å². The number of nitrogens with zero attached hydrogens (tertiary/aromatic N) is 1. The Bertz CT molecular complexity index is 626. The molecule has 0 aromatic heterocycles. The zero-order valence-corrected chi connectivity index (χ0v) is 14.4. The summed E-state index contributed by atoms with van der Waals surface area (Å²) < 4.78 is 23.8. The number of aliphatic hydroxyl groups is 1. The first-order valence-corrected chi connectivity index (χ1v) is 10.0. The highest BCUT2D eigenvalue weighted by Gasteiger charge is 2.37. The van der Waals surface area contributed by atoms with E-state index in [1.165, 1.54) is 19.4 Å². The molecule has 1 aromatic rings. The van der Waals surface area contributed by atoms with Crippen LogP contribution in [-0.4, -0.2) is 56.0 Å². The van der Waals surface area contributed by atoms with Gasteiger partial charge in [-0.25, -0.2) is 8.42 Å². The van der Waals surface area contributed by atoms with E-state index in [0.717, 1.165) is 24.7 Å². The number of rotatable bonds is 7. The molecule has 2 aliphatic rings. The van der Waals surface area contributed by atoms with E-state index in [2.05, 4.69) is 17.1 Å². The van der Waals surface area contributed by atoms with Crippen LogP contribution in [-0.2, 0) is 16.4 Å². The fourth-order valence-electron chi connectivity index (χ4n) is 3.31. The van der Waals surface area contributed by atoms with Gasteiger partial charge in [0.2, 0.25) is 0 Å². The third-order valence-electron chi connectivity index (χ3n) is 4.91. The maximum absolute atomic E-state index is 11.9. The monoisotopic (exact) mass is 338 g/mol. The first-order valence-electron chi connectivity index (χ1n) is 8.39. The molecule has 1 saturated carbocycles. The average molecular weight is 338 g/mol. The van der Waals surface area contributed by atoms with Gasteiger partial charge in [-0.05, 0) is 36.5 Å². The molecule has 2 atom stereocenters. The van der Waals surface area contributed by atoms with Crippen LogP contribution in [0.2, 0.25) is 0 Å². The van der Waals surface area contributed by atoms with Gasteiger partial charge in [0.25, 0.3) is 0 Å². The Hall–Kier alpha value is -0.950. The second-order valence-corrected chi connectivity index (χ2v) is 8.95. The van der Waals surface area contributed by atoms with E-state index in [1.807, 2.05) is 12.1 Å². The normalized spacial score (nSPS) is 25.8. The van der Waals surface area contributed by atoms with Gasteiger partial charge in [-0.1, -0.05) is 19.1 Å². The van der Waals surface area contributed by atoms with Crippen molar-refractivity contribution in [2.24, 2.45) is 5.92 Å². The molecule has 5 nitrogen and oxygen atoms in total. The first-order chi connectivity index (χ1) is 11.0. The number of likely N-dealkylation sites (tertiary alicyclic amines) is 1. The van der Waals surface area contributed by atoms with Crippen LogP contribution in [0.25, 0.3) is 0 Å². The third kappa shape index (κ3) is 4.12. The second kappa shape index (κ2) is 6.89. The number of nitrogens with one attached hydrogen (secondary N) is 1. The maximum Gasteiger partial charge on any atom is 0.180 e. The summed E-state index contributed by atoms with van der Waals surface area (Å²) >= 11 is 0. The molecule has 1 aliphatic carbocycles. The van der Waals surface area contributed by atoms with E-state index in [9.17, 15) is 8.42 Å². The van der Waals surface area contributed by atoms with Gasteiger partial charge in [-0.3, -0.25) is 4.90 Å². The lowest BCUT2D eigenvalue weighted by Crippen LogP contribution is -2.35. The van der Waals surface area contributed by atoms with Crippen molar-refractivity contribution in [3.05, 3.63) is 29.8 Å². The molecule has 2 unspecified atom stereocenters. The molecule has 0 radical (unpaired) electrons. The molecule has 1 heterocycles. The van der Waals surface area contributed by atoms with Gasteiger partial charge in [0.15, 0.2) is 9.84 Å². The molecule has 0 spiro atoms. The first kappa shape index (κ1) is 16.9. The minimum atomic E-state index is -3.35. The Morgan fingerprint density at radius 2 is 1.91 bits per heavy atom. The number of benzene rings is 1. The van der Waals surface area contributed by atoms with E-state index < -0.39 is 9.84 Å². The smallest absolute Gasteiger partial charge is 0.180 e. The summed E-state index contributed by atoms with van der Waals surface area (Å²) in [6, 6.07) is 8.31. The quantitative estimate of drug-likeness (QED) is 0.777. The second-order valence-electron chi connectivity index (χ2n) is 6.84. The lowest BCUT2D eigenvalue weighted by molar-refractivity contribution is 0.313. The van der Waals surface area contributed by atoms with Gasteiger partial charge < -0.3 is 10.4 Å². The predicted octanol–water partition coefficient (Wildman–Crippen LogP) is 1.02. The van der Waals surface area contributed by atoms with Crippen LogP contribution in [0.5, 0.6) is 0 Å². The van der Waals surface area contributed by atoms with Crippen LogP contribution in [0.1, 0.15) is 25.3 Å². The van der Waals surface area contributed by atoms with E-state index in [-0.39, 0.29) is 17.3 Å². The molecule has 3 rings (SSSR count). The predicted molar refractivity (Wildman–Crippen MR) is 90.0 cm³/mol. The Balaban J connectivity index is 1.54. The highest BCUT2D eigenvalue weighted by atomic mass is 32.2. The van der Waals surface area contributed by atoms with E-state index in [0.29, 0.717) is 12.0 Å². The van der Waals surface area contributed by atoms with Crippen molar-refractivity contribution in [1.82, 2.24) is 10.2 Å². The highest BCUT2D eigenvalue weighted by molar-refractivity contribution is 7.91. The van der Waals surface area contributed by atoms with Crippen molar-refractivity contribution in [2.75, 3.05) is 25.4 Å². The zero-order valence-electron chi connectivity index (χ0n) is 13.6. The Labute approximate surface area is 138 Å². The van der Waals surface area contributed by atoms with E-state index >= 15 is 0 Å². The number of aliphatic hydroxyl groups excluding tert-OH is 1. The van der Waals surface area contributed by atoms with Crippen LogP contribution >= 0.6 is 0 Å². The van der Waals surface area contributed by atoms with Crippen LogP contribution in [0.15, 0.2) is 29.2 Å². The van der Waals surface area contributed by atoms with Gasteiger partial charge in [0.05, 0.1) is 17.3 Å². The highest BCUT2D eigenvalue weighted by Crippen LogP contribution is 2.31. The van der Waals surface area contributed by atoms with Gasteiger partial charge >= 0.3 is 0 Å². The van der Waals surface area contributed by atoms with Crippen LogP contribution in [0.3, 0.4) is 0 Å². The molecule has 6 heteroatoms. The summed E-state index contributed by atoms with van der Waals surface area (Å²) in [6.45, 7) is 5.01.